The fourth-order valence-electron chi connectivity index (χ4n) is 3.03. The van der Waals surface area contributed by atoms with Crippen LogP contribution in [0.3, 0.4) is 0 Å². The minimum absolute atomic E-state index is 0.0553. The van der Waals surface area contributed by atoms with Gasteiger partial charge in [-0.2, -0.15) is 0 Å². The number of amides is 1. The third kappa shape index (κ3) is 5.63. The molecule has 0 spiro atoms. The first-order valence-corrected chi connectivity index (χ1v) is 11.9. The number of anilines is 1. The highest BCUT2D eigenvalue weighted by Crippen LogP contribution is 2.26. The Kier molecular flexibility index (Phi) is 7.32. The number of rotatable bonds is 9. The number of hydrogen-bond acceptors (Lipinski definition) is 6. The largest absolute Gasteiger partial charge is 0.495 e. The summed E-state index contributed by atoms with van der Waals surface area (Å²) in [5.74, 6) is 0.160. The number of carbonyl (C=O) groups is 1. The Balaban J connectivity index is 1.68. The SMILES string of the molecule is COc1ccccc1NS(=O)(=O)c1ccc(C(=O)NCC(c2cccs2)N(C)C)cc1. The van der Waals surface area contributed by atoms with Crippen LogP contribution in [-0.4, -0.2) is 47.0 Å². The number of methoxy groups -OCH3 is 1. The summed E-state index contributed by atoms with van der Waals surface area (Å²) in [5.41, 5.74) is 0.732. The van der Waals surface area contributed by atoms with Gasteiger partial charge in [0.2, 0.25) is 0 Å². The maximum Gasteiger partial charge on any atom is 0.262 e. The van der Waals surface area contributed by atoms with Gasteiger partial charge in [-0.25, -0.2) is 8.42 Å². The van der Waals surface area contributed by atoms with E-state index < -0.39 is 10.0 Å². The summed E-state index contributed by atoms with van der Waals surface area (Å²) in [5, 5.41) is 4.93. The average molecular weight is 460 g/mol. The van der Waals surface area contributed by atoms with Gasteiger partial charge in [-0.15, -0.1) is 11.3 Å². The molecule has 0 aliphatic carbocycles. The molecule has 1 unspecified atom stereocenters. The summed E-state index contributed by atoms with van der Waals surface area (Å²) in [6.07, 6.45) is 0. The van der Waals surface area contributed by atoms with Gasteiger partial charge in [0.1, 0.15) is 5.75 Å². The van der Waals surface area contributed by atoms with Crippen molar-refractivity contribution in [1.82, 2.24) is 10.2 Å². The molecule has 1 amide bonds. The van der Waals surface area contributed by atoms with Gasteiger partial charge >= 0.3 is 0 Å². The van der Waals surface area contributed by atoms with E-state index in [1.165, 1.54) is 31.4 Å². The second kappa shape index (κ2) is 9.95. The molecular formula is C22H25N3O4S2. The van der Waals surface area contributed by atoms with Gasteiger partial charge < -0.3 is 15.0 Å². The zero-order valence-electron chi connectivity index (χ0n) is 17.5. The van der Waals surface area contributed by atoms with E-state index in [2.05, 4.69) is 10.0 Å². The minimum Gasteiger partial charge on any atom is -0.495 e. The first-order chi connectivity index (χ1) is 14.8. The van der Waals surface area contributed by atoms with Crippen LogP contribution in [0.4, 0.5) is 5.69 Å². The Hall–Kier alpha value is -2.88. The number of ether oxygens (including phenoxy) is 1. The molecule has 2 N–H and O–H groups in total. The number of para-hydroxylation sites is 2. The van der Waals surface area contributed by atoms with Gasteiger partial charge in [0.15, 0.2) is 0 Å². The minimum atomic E-state index is -3.82. The van der Waals surface area contributed by atoms with E-state index >= 15 is 0 Å². The predicted octanol–water partition coefficient (Wildman–Crippen LogP) is 3.59. The van der Waals surface area contributed by atoms with E-state index in [-0.39, 0.29) is 16.8 Å². The van der Waals surface area contributed by atoms with Crippen LogP contribution in [0.25, 0.3) is 0 Å². The number of likely N-dealkylation sites (N-methyl/N-ethyl adjacent to an activating group) is 1. The van der Waals surface area contributed by atoms with Crippen LogP contribution in [0.1, 0.15) is 21.3 Å². The first-order valence-electron chi connectivity index (χ1n) is 9.56. The van der Waals surface area contributed by atoms with E-state index in [1.54, 1.807) is 35.6 Å². The lowest BCUT2D eigenvalue weighted by atomic mass is 10.2. The van der Waals surface area contributed by atoms with Crippen molar-refractivity contribution in [3.8, 4) is 5.75 Å². The first kappa shape index (κ1) is 22.8. The number of nitrogens with zero attached hydrogens (tertiary/aromatic N) is 1. The van der Waals surface area contributed by atoms with Crippen molar-refractivity contribution in [3.05, 3.63) is 76.5 Å². The number of sulfonamides is 1. The van der Waals surface area contributed by atoms with Gasteiger partial charge in [0.05, 0.1) is 23.7 Å². The lowest BCUT2D eigenvalue weighted by molar-refractivity contribution is 0.0942. The van der Waals surface area contributed by atoms with E-state index in [0.717, 1.165) is 4.88 Å². The molecule has 1 heterocycles. The number of hydrogen-bond donors (Lipinski definition) is 2. The Morgan fingerprint density at radius 2 is 1.77 bits per heavy atom. The molecule has 164 valence electrons. The lowest BCUT2D eigenvalue weighted by Crippen LogP contribution is -2.34. The molecule has 9 heteroatoms. The molecule has 0 bridgehead atoms. The van der Waals surface area contributed by atoms with Crippen molar-refractivity contribution in [2.75, 3.05) is 32.5 Å². The van der Waals surface area contributed by atoms with Gasteiger partial charge in [-0.3, -0.25) is 9.52 Å². The zero-order valence-corrected chi connectivity index (χ0v) is 19.2. The topological polar surface area (TPSA) is 87.7 Å². The smallest absolute Gasteiger partial charge is 0.262 e. The van der Waals surface area contributed by atoms with Crippen LogP contribution in [0, 0.1) is 0 Å². The summed E-state index contributed by atoms with van der Waals surface area (Å²) < 4.78 is 33.1. The monoisotopic (exact) mass is 459 g/mol. The van der Waals surface area contributed by atoms with Crippen molar-refractivity contribution in [1.29, 1.82) is 0 Å². The second-order valence-corrected chi connectivity index (χ2v) is 9.70. The number of carbonyl (C=O) groups excluding carboxylic acids is 1. The van der Waals surface area contributed by atoms with E-state index in [1.807, 2.05) is 36.5 Å². The van der Waals surface area contributed by atoms with E-state index in [9.17, 15) is 13.2 Å². The molecule has 7 nitrogen and oxygen atoms in total. The molecule has 0 aliphatic rings. The Morgan fingerprint density at radius 1 is 1.06 bits per heavy atom. The van der Waals surface area contributed by atoms with Crippen molar-refractivity contribution >= 4 is 33.0 Å². The van der Waals surface area contributed by atoms with Crippen LogP contribution < -0.4 is 14.8 Å². The molecule has 0 aliphatic heterocycles. The van der Waals surface area contributed by atoms with Crippen molar-refractivity contribution in [2.24, 2.45) is 0 Å². The van der Waals surface area contributed by atoms with Gasteiger partial charge in [0, 0.05) is 17.0 Å². The molecule has 3 rings (SSSR count). The van der Waals surface area contributed by atoms with Crippen molar-refractivity contribution in [3.63, 3.8) is 0 Å². The number of thiophene rings is 1. The van der Waals surface area contributed by atoms with Crippen LogP contribution >= 0.6 is 11.3 Å². The lowest BCUT2D eigenvalue weighted by Gasteiger charge is -2.23. The molecule has 1 aromatic heterocycles. The quantitative estimate of drug-likeness (QED) is 0.511. The highest BCUT2D eigenvalue weighted by molar-refractivity contribution is 7.92. The van der Waals surface area contributed by atoms with Crippen LogP contribution in [0.2, 0.25) is 0 Å². The summed E-state index contributed by atoms with van der Waals surface area (Å²) in [6.45, 7) is 0.446. The summed E-state index contributed by atoms with van der Waals surface area (Å²) in [6, 6.07) is 16.7. The van der Waals surface area contributed by atoms with E-state index in [0.29, 0.717) is 23.5 Å². The highest BCUT2D eigenvalue weighted by atomic mass is 32.2. The molecule has 1 atom stereocenters. The molecule has 0 saturated heterocycles. The third-order valence-corrected chi connectivity index (χ3v) is 7.08. The molecule has 0 saturated carbocycles. The van der Waals surface area contributed by atoms with Gasteiger partial charge in [0.25, 0.3) is 15.9 Å². The Labute approximate surface area is 186 Å². The molecule has 2 aromatic carbocycles. The standard InChI is InChI=1S/C22H25N3O4S2/c1-25(2)19(21-9-6-14-30-21)15-23-22(26)16-10-12-17(13-11-16)31(27,28)24-18-7-4-5-8-20(18)29-3/h4-14,19,24H,15H2,1-3H3,(H,23,26). The summed E-state index contributed by atoms with van der Waals surface area (Å²) in [4.78, 5) is 15.8. The molecule has 31 heavy (non-hydrogen) atoms. The average Bonchev–Trinajstić information content (AvgIpc) is 3.28. The molecule has 0 radical (unpaired) electrons. The van der Waals surface area contributed by atoms with Crippen LogP contribution in [0.5, 0.6) is 5.75 Å². The Morgan fingerprint density at radius 3 is 2.39 bits per heavy atom. The zero-order chi connectivity index (χ0) is 22.4. The van der Waals surface area contributed by atoms with Crippen molar-refractivity contribution < 1.29 is 17.9 Å². The Bertz CT molecular complexity index is 1110. The maximum absolute atomic E-state index is 12.7. The van der Waals surface area contributed by atoms with E-state index in [4.69, 9.17) is 4.74 Å². The maximum atomic E-state index is 12.7. The van der Waals surface area contributed by atoms with Crippen LogP contribution in [-0.2, 0) is 10.0 Å². The van der Waals surface area contributed by atoms with Gasteiger partial charge in [-0.1, -0.05) is 18.2 Å². The molecule has 0 fully saturated rings. The fourth-order valence-corrected chi connectivity index (χ4v) is 5.02. The number of benzene rings is 2. The summed E-state index contributed by atoms with van der Waals surface area (Å²) >= 11 is 1.64. The summed E-state index contributed by atoms with van der Waals surface area (Å²) in [7, 11) is 1.58. The second-order valence-electron chi connectivity index (χ2n) is 7.04. The molecular weight excluding hydrogens is 434 g/mol. The predicted molar refractivity (Wildman–Crippen MR) is 123 cm³/mol. The van der Waals surface area contributed by atoms with Crippen molar-refractivity contribution in [2.45, 2.75) is 10.9 Å². The molecule has 3 aromatic rings. The fraction of sp³-hybridized carbons (Fsp3) is 0.227. The highest BCUT2D eigenvalue weighted by Gasteiger charge is 2.19. The normalized spacial score (nSPS) is 12.4. The third-order valence-electron chi connectivity index (χ3n) is 4.73. The number of nitrogens with one attached hydrogen (secondary N) is 2. The van der Waals surface area contributed by atoms with Crippen LogP contribution in [0.15, 0.2) is 70.9 Å². The van der Waals surface area contributed by atoms with Gasteiger partial charge in [-0.05, 0) is 61.9 Å².